The van der Waals surface area contributed by atoms with Crippen molar-refractivity contribution in [3.05, 3.63) is 17.5 Å². The van der Waals surface area contributed by atoms with Crippen molar-refractivity contribution in [3.8, 4) is 0 Å². The lowest BCUT2D eigenvalue weighted by Gasteiger charge is -2.31. The molecule has 2 N–H and O–H groups in total. The summed E-state index contributed by atoms with van der Waals surface area (Å²) in [6.45, 7) is 6.30. The number of likely N-dealkylation sites (tertiary alicyclic amines) is 1. The van der Waals surface area contributed by atoms with Crippen molar-refractivity contribution in [2.45, 2.75) is 58.0 Å². The Labute approximate surface area is 148 Å². The van der Waals surface area contributed by atoms with Gasteiger partial charge in [0, 0.05) is 31.2 Å². The Morgan fingerprint density at radius 1 is 1.20 bits per heavy atom. The number of hydrogen-bond acceptors (Lipinski definition) is 5. The van der Waals surface area contributed by atoms with Gasteiger partial charge >= 0.3 is 0 Å². The number of amides is 2. The molecule has 1 aromatic rings. The van der Waals surface area contributed by atoms with Crippen molar-refractivity contribution >= 4 is 11.8 Å². The molecule has 2 amide bonds. The zero-order valence-corrected chi connectivity index (χ0v) is 15.1. The van der Waals surface area contributed by atoms with Crippen LogP contribution in [0.1, 0.15) is 55.8 Å². The van der Waals surface area contributed by atoms with Gasteiger partial charge in [0.1, 0.15) is 0 Å². The third-order valence-electron chi connectivity index (χ3n) is 4.63. The first kappa shape index (κ1) is 17.9. The highest BCUT2D eigenvalue weighted by Crippen LogP contribution is 2.18. The Balaban J connectivity index is 1.39. The van der Waals surface area contributed by atoms with E-state index in [1.54, 1.807) is 6.07 Å². The van der Waals surface area contributed by atoms with Crippen LogP contribution in [0.4, 0.5) is 0 Å². The summed E-state index contributed by atoms with van der Waals surface area (Å²) in [5.74, 6) is 0.668. The van der Waals surface area contributed by atoms with E-state index in [0.717, 1.165) is 50.9 Å². The van der Waals surface area contributed by atoms with E-state index in [-0.39, 0.29) is 23.6 Å². The molecule has 1 saturated heterocycles. The minimum atomic E-state index is -0.201. The van der Waals surface area contributed by atoms with E-state index in [9.17, 15) is 9.59 Å². The molecule has 1 saturated carbocycles. The van der Waals surface area contributed by atoms with Crippen LogP contribution in [0.3, 0.4) is 0 Å². The summed E-state index contributed by atoms with van der Waals surface area (Å²) >= 11 is 0. The van der Waals surface area contributed by atoms with E-state index in [4.69, 9.17) is 4.52 Å². The maximum absolute atomic E-state index is 12.3. The van der Waals surface area contributed by atoms with Crippen molar-refractivity contribution < 1.29 is 14.1 Å². The SMILES string of the molecule is CC(C)Cc1cc(C(=O)NC2CCN(CC(=O)NC3CC3)CC2)on1. The van der Waals surface area contributed by atoms with E-state index in [1.165, 1.54) is 0 Å². The number of carbonyl (C=O) groups excluding carboxylic acids is 2. The molecule has 3 rings (SSSR count). The van der Waals surface area contributed by atoms with Crippen LogP contribution >= 0.6 is 0 Å². The van der Waals surface area contributed by atoms with Crippen LogP contribution in [0.25, 0.3) is 0 Å². The van der Waals surface area contributed by atoms with E-state index >= 15 is 0 Å². The Hall–Kier alpha value is -1.89. The van der Waals surface area contributed by atoms with Gasteiger partial charge in [-0.05, 0) is 38.0 Å². The molecule has 7 heteroatoms. The molecule has 2 fully saturated rings. The van der Waals surface area contributed by atoms with Crippen molar-refractivity contribution in [1.82, 2.24) is 20.7 Å². The van der Waals surface area contributed by atoms with E-state index in [1.807, 2.05) is 0 Å². The van der Waals surface area contributed by atoms with Gasteiger partial charge in [-0.1, -0.05) is 19.0 Å². The summed E-state index contributed by atoms with van der Waals surface area (Å²) < 4.78 is 5.16. The van der Waals surface area contributed by atoms with Gasteiger partial charge in [-0.3, -0.25) is 14.5 Å². The molecule has 1 aliphatic heterocycles. The number of carbonyl (C=O) groups is 2. The van der Waals surface area contributed by atoms with Gasteiger partial charge in [-0.2, -0.15) is 0 Å². The standard InChI is InChI=1S/C18H28N4O3/c1-12(2)9-15-10-16(25-21-15)18(24)20-14-5-7-22(8-6-14)11-17(23)19-13-3-4-13/h10,12-14H,3-9,11H2,1-2H3,(H,19,23)(H,20,24). The fourth-order valence-corrected chi connectivity index (χ4v) is 3.13. The molecule has 25 heavy (non-hydrogen) atoms. The van der Waals surface area contributed by atoms with Crippen LogP contribution in [0, 0.1) is 5.92 Å². The largest absolute Gasteiger partial charge is 0.352 e. The average molecular weight is 348 g/mol. The summed E-state index contributed by atoms with van der Waals surface area (Å²) in [7, 11) is 0. The zero-order valence-electron chi connectivity index (χ0n) is 15.1. The topological polar surface area (TPSA) is 87.5 Å². The second-order valence-electron chi connectivity index (χ2n) is 7.65. The summed E-state index contributed by atoms with van der Waals surface area (Å²) in [6, 6.07) is 2.26. The van der Waals surface area contributed by atoms with Gasteiger partial charge in [0.15, 0.2) is 0 Å². The second-order valence-corrected chi connectivity index (χ2v) is 7.65. The molecule has 0 atom stereocenters. The quantitative estimate of drug-likeness (QED) is 0.776. The number of hydrogen-bond donors (Lipinski definition) is 2. The van der Waals surface area contributed by atoms with Gasteiger partial charge in [0.05, 0.1) is 12.2 Å². The zero-order chi connectivity index (χ0) is 17.8. The average Bonchev–Trinajstić information content (AvgIpc) is 3.24. The van der Waals surface area contributed by atoms with Crippen LogP contribution in [0.2, 0.25) is 0 Å². The number of nitrogens with zero attached hydrogens (tertiary/aromatic N) is 2. The Bertz CT molecular complexity index is 601. The molecule has 1 aliphatic carbocycles. The smallest absolute Gasteiger partial charge is 0.290 e. The van der Waals surface area contributed by atoms with Crippen LogP contribution in [0.5, 0.6) is 0 Å². The maximum atomic E-state index is 12.3. The number of nitrogens with one attached hydrogen (secondary N) is 2. The highest BCUT2D eigenvalue weighted by atomic mass is 16.5. The first-order chi connectivity index (χ1) is 12.0. The maximum Gasteiger partial charge on any atom is 0.290 e. The normalized spacial score (nSPS) is 19.2. The Morgan fingerprint density at radius 2 is 1.88 bits per heavy atom. The Kier molecular flexibility index (Phi) is 5.73. The molecule has 0 spiro atoms. The van der Waals surface area contributed by atoms with E-state index in [2.05, 4.69) is 34.5 Å². The third-order valence-corrected chi connectivity index (χ3v) is 4.63. The van der Waals surface area contributed by atoms with Crippen molar-refractivity contribution in [3.63, 3.8) is 0 Å². The molecular formula is C18H28N4O3. The predicted octanol–water partition coefficient (Wildman–Crippen LogP) is 1.35. The third kappa shape index (κ3) is 5.56. The van der Waals surface area contributed by atoms with Crippen LogP contribution in [0.15, 0.2) is 10.6 Å². The minimum Gasteiger partial charge on any atom is -0.352 e. The van der Waals surface area contributed by atoms with E-state index < -0.39 is 0 Å². The van der Waals surface area contributed by atoms with Gasteiger partial charge < -0.3 is 15.2 Å². The van der Waals surface area contributed by atoms with Crippen molar-refractivity contribution in [2.75, 3.05) is 19.6 Å². The molecule has 7 nitrogen and oxygen atoms in total. The van der Waals surface area contributed by atoms with Gasteiger partial charge in [-0.15, -0.1) is 0 Å². The fraction of sp³-hybridized carbons (Fsp3) is 0.722. The van der Waals surface area contributed by atoms with Crippen molar-refractivity contribution in [1.29, 1.82) is 0 Å². The molecule has 2 aliphatic rings. The van der Waals surface area contributed by atoms with Crippen molar-refractivity contribution in [2.24, 2.45) is 5.92 Å². The molecule has 0 radical (unpaired) electrons. The molecule has 2 heterocycles. The van der Waals surface area contributed by atoms with Gasteiger partial charge in [0.2, 0.25) is 11.7 Å². The van der Waals surface area contributed by atoms with Crippen LogP contribution in [-0.2, 0) is 11.2 Å². The van der Waals surface area contributed by atoms with Gasteiger partial charge in [-0.25, -0.2) is 0 Å². The predicted molar refractivity (Wildman–Crippen MR) is 93.1 cm³/mol. The number of rotatable bonds is 7. The first-order valence-corrected chi connectivity index (χ1v) is 9.27. The highest BCUT2D eigenvalue weighted by molar-refractivity contribution is 5.91. The molecule has 138 valence electrons. The molecule has 0 aromatic carbocycles. The van der Waals surface area contributed by atoms with E-state index in [0.29, 0.717) is 18.5 Å². The molecule has 0 bridgehead atoms. The summed E-state index contributed by atoms with van der Waals surface area (Å²) in [5.41, 5.74) is 0.816. The van der Waals surface area contributed by atoms with Gasteiger partial charge in [0.25, 0.3) is 5.91 Å². The summed E-state index contributed by atoms with van der Waals surface area (Å²) in [4.78, 5) is 26.3. The lowest BCUT2D eigenvalue weighted by atomic mass is 10.0. The lowest BCUT2D eigenvalue weighted by molar-refractivity contribution is -0.122. The minimum absolute atomic E-state index is 0.115. The second kappa shape index (κ2) is 7.99. The van der Waals surface area contributed by atoms with Crippen LogP contribution < -0.4 is 10.6 Å². The first-order valence-electron chi connectivity index (χ1n) is 9.27. The monoisotopic (exact) mass is 348 g/mol. The molecule has 1 aromatic heterocycles. The number of piperidine rings is 1. The fourth-order valence-electron chi connectivity index (χ4n) is 3.13. The number of aromatic nitrogens is 1. The Morgan fingerprint density at radius 3 is 2.52 bits per heavy atom. The lowest BCUT2D eigenvalue weighted by Crippen LogP contribution is -2.47. The highest BCUT2D eigenvalue weighted by Gasteiger charge is 2.26. The summed E-state index contributed by atoms with van der Waals surface area (Å²) in [6.07, 6.45) is 4.71. The summed E-state index contributed by atoms with van der Waals surface area (Å²) in [5, 5.41) is 9.99. The van der Waals surface area contributed by atoms with Crippen LogP contribution in [-0.4, -0.2) is 53.6 Å². The molecular weight excluding hydrogens is 320 g/mol. The molecule has 0 unspecified atom stereocenters.